The largest absolute Gasteiger partial charge is 0.480 e. The zero-order valence-electron chi connectivity index (χ0n) is 22.0. The maximum Gasteiger partial charge on any atom is 0.326 e. The molecule has 11 heteroatoms. The van der Waals surface area contributed by atoms with Gasteiger partial charge in [0, 0.05) is 12.8 Å². The van der Waals surface area contributed by atoms with E-state index >= 15 is 0 Å². The first-order valence-electron chi connectivity index (χ1n) is 12.5. The molecular weight excluding hydrogens is 478 g/mol. The van der Waals surface area contributed by atoms with Gasteiger partial charge in [-0.2, -0.15) is 0 Å². The number of hydrogen-bond donors (Lipinski definition) is 6. The SMILES string of the molecule is CC(C)CC(N)C(=O)NC(CC(C)C)C(=O)NC(Cc1ccccc1)C(=O)NC(CCC(N)=O)C(=O)O. The second-order valence-corrected chi connectivity index (χ2v) is 10.1. The van der Waals surface area contributed by atoms with Crippen LogP contribution in [0.15, 0.2) is 30.3 Å². The Kier molecular flexibility index (Phi) is 13.3. The third-order valence-electron chi connectivity index (χ3n) is 5.61. The molecule has 0 saturated heterocycles. The minimum atomic E-state index is -1.37. The van der Waals surface area contributed by atoms with Crippen LogP contribution >= 0.6 is 0 Å². The molecule has 0 spiro atoms. The van der Waals surface area contributed by atoms with E-state index in [-0.39, 0.29) is 31.1 Å². The second-order valence-electron chi connectivity index (χ2n) is 10.1. The number of rotatable bonds is 16. The van der Waals surface area contributed by atoms with E-state index in [0.717, 1.165) is 5.56 Å². The predicted molar refractivity (Wildman–Crippen MR) is 139 cm³/mol. The van der Waals surface area contributed by atoms with Crippen LogP contribution in [0.5, 0.6) is 0 Å². The summed E-state index contributed by atoms with van der Waals surface area (Å²) in [5.41, 5.74) is 11.8. The van der Waals surface area contributed by atoms with Crippen molar-refractivity contribution in [1.29, 1.82) is 0 Å². The molecule has 0 heterocycles. The van der Waals surface area contributed by atoms with Crippen molar-refractivity contribution in [3.05, 3.63) is 35.9 Å². The van der Waals surface area contributed by atoms with E-state index in [1.165, 1.54) is 0 Å². The molecule has 0 aromatic heterocycles. The van der Waals surface area contributed by atoms with E-state index in [1.54, 1.807) is 30.3 Å². The number of benzene rings is 1. The average molecular weight is 520 g/mol. The first-order chi connectivity index (χ1) is 17.3. The van der Waals surface area contributed by atoms with E-state index < -0.39 is 53.8 Å². The van der Waals surface area contributed by atoms with Gasteiger partial charge in [0.15, 0.2) is 0 Å². The Morgan fingerprint density at radius 2 is 1.30 bits per heavy atom. The van der Waals surface area contributed by atoms with Crippen LogP contribution in [-0.2, 0) is 30.4 Å². The van der Waals surface area contributed by atoms with Gasteiger partial charge < -0.3 is 32.5 Å². The third kappa shape index (κ3) is 12.4. The number of carboxylic acids is 1. The van der Waals surface area contributed by atoms with Crippen molar-refractivity contribution >= 4 is 29.6 Å². The van der Waals surface area contributed by atoms with Crippen LogP contribution in [-0.4, -0.2) is 58.9 Å². The lowest BCUT2D eigenvalue weighted by atomic mass is 9.99. The van der Waals surface area contributed by atoms with Gasteiger partial charge >= 0.3 is 5.97 Å². The molecule has 4 unspecified atom stereocenters. The molecule has 206 valence electrons. The van der Waals surface area contributed by atoms with Gasteiger partial charge in [0.2, 0.25) is 23.6 Å². The van der Waals surface area contributed by atoms with Crippen LogP contribution in [0, 0.1) is 11.8 Å². The maximum atomic E-state index is 13.3. The summed E-state index contributed by atoms with van der Waals surface area (Å²) < 4.78 is 0. The van der Waals surface area contributed by atoms with Crippen LogP contribution in [0.3, 0.4) is 0 Å². The predicted octanol–water partition coefficient (Wildman–Crippen LogP) is 0.453. The molecule has 0 aliphatic carbocycles. The average Bonchev–Trinajstić information content (AvgIpc) is 2.80. The zero-order chi connectivity index (χ0) is 28.1. The van der Waals surface area contributed by atoms with Crippen molar-refractivity contribution in [3.8, 4) is 0 Å². The minimum Gasteiger partial charge on any atom is -0.480 e. The van der Waals surface area contributed by atoms with Crippen LogP contribution < -0.4 is 27.4 Å². The number of carboxylic acid groups (broad SMARTS) is 1. The highest BCUT2D eigenvalue weighted by atomic mass is 16.4. The molecule has 1 aromatic rings. The first kappa shape index (κ1) is 31.6. The Bertz CT molecular complexity index is 921. The van der Waals surface area contributed by atoms with E-state index in [9.17, 15) is 29.1 Å². The van der Waals surface area contributed by atoms with Crippen LogP contribution in [0.1, 0.15) is 58.9 Å². The Balaban J connectivity index is 3.11. The van der Waals surface area contributed by atoms with Crippen molar-refractivity contribution in [3.63, 3.8) is 0 Å². The van der Waals surface area contributed by atoms with Crippen molar-refractivity contribution < 1.29 is 29.1 Å². The van der Waals surface area contributed by atoms with Crippen molar-refractivity contribution in [2.45, 2.75) is 84.0 Å². The molecule has 4 amide bonds. The molecule has 1 rings (SSSR count). The van der Waals surface area contributed by atoms with Gasteiger partial charge in [-0.15, -0.1) is 0 Å². The quantitative estimate of drug-likeness (QED) is 0.182. The van der Waals surface area contributed by atoms with E-state index in [2.05, 4.69) is 16.0 Å². The van der Waals surface area contributed by atoms with Gasteiger partial charge in [0.1, 0.15) is 18.1 Å². The fourth-order valence-electron chi connectivity index (χ4n) is 3.74. The van der Waals surface area contributed by atoms with Gasteiger partial charge in [0.25, 0.3) is 0 Å². The fraction of sp³-hybridized carbons (Fsp3) is 0.577. The summed E-state index contributed by atoms with van der Waals surface area (Å²) in [6, 6.07) is 4.66. The molecule has 0 radical (unpaired) electrons. The molecule has 11 nitrogen and oxygen atoms in total. The summed E-state index contributed by atoms with van der Waals surface area (Å²) >= 11 is 0. The molecule has 0 aliphatic rings. The summed E-state index contributed by atoms with van der Waals surface area (Å²) in [6.45, 7) is 7.66. The van der Waals surface area contributed by atoms with E-state index in [4.69, 9.17) is 11.5 Å². The molecule has 0 saturated carbocycles. The smallest absolute Gasteiger partial charge is 0.326 e. The van der Waals surface area contributed by atoms with Crippen LogP contribution in [0.25, 0.3) is 0 Å². The lowest BCUT2D eigenvalue weighted by molar-refractivity contribution is -0.142. The number of aliphatic carboxylic acids is 1. The van der Waals surface area contributed by atoms with Gasteiger partial charge in [0.05, 0.1) is 6.04 Å². The van der Waals surface area contributed by atoms with E-state index in [0.29, 0.717) is 12.8 Å². The molecule has 4 atom stereocenters. The molecule has 0 aliphatic heterocycles. The standard InChI is InChI=1S/C26H41N5O6/c1-15(2)12-18(27)23(33)30-20(13-16(3)4)24(34)31-21(14-17-8-6-5-7-9-17)25(35)29-19(26(36)37)10-11-22(28)32/h5-9,15-16,18-21H,10-14,27H2,1-4H3,(H2,28,32)(H,29,35)(H,30,33)(H,31,34)(H,36,37). The van der Waals surface area contributed by atoms with Gasteiger partial charge in [-0.25, -0.2) is 4.79 Å². The van der Waals surface area contributed by atoms with Crippen LogP contribution in [0.2, 0.25) is 0 Å². The highest BCUT2D eigenvalue weighted by molar-refractivity contribution is 5.94. The number of nitrogens with two attached hydrogens (primary N) is 2. The number of carbonyl (C=O) groups is 5. The zero-order valence-corrected chi connectivity index (χ0v) is 22.0. The molecule has 37 heavy (non-hydrogen) atoms. The topological polar surface area (TPSA) is 194 Å². The highest BCUT2D eigenvalue weighted by Crippen LogP contribution is 2.10. The van der Waals surface area contributed by atoms with Gasteiger partial charge in [-0.05, 0) is 36.7 Å². The monoisotopic (exact) mass is 519 g/mol. The third-order valence-corrected chi connectivity index (χ3v) is 5.61. The Hall–Kier alpha value is -3.47. The highest BCUT2D eigenvalue weighted by Gasteiger charge is 2.31. The lowest BCUT2D eigenvalue weighted by Crippen LogP contribution is -2.58. The summed E-state index contributed by atoms with van der Waals surface area (Å²) in [6.07, 6.45) is 0.412. The Morgan fingerprint density at radius 3 is 1.81 bits per heavy atom. The molecule has 0 fully saturated rings. The summed E-state index contributed by atoms with van der Waals surface area (Å²) in [5, 5.41) is 17.2. The molecule has 0 bridgehead atoms. The normalized spacial score (nSPS) is 14.4. The van der Waals surface area contributed by atoms with E-state index in [1.807, 2.05) is 27.7 Å². The van der Waals surface area contributed by atoms with Gasteiger partial charge in [-0.1, -0.05) is 58.0 Å². The Labute approximate surface area is 218 Å². The molecule has 8 N–H and O–H groups in total. The number of primary amides is 1. The van der Waals surface area contributed by atoms with Crippen LogP contribution in [0.4, 0.5) is 0 Å². The number of nitrogens with one attached hydrogen (secondary N) is 3. The number of hydrogen-bond acceptors (Lipinski definition) is 6. The van der Waals surface area contributed by atoms with Crippen molar-refractivity contribution in [1.82, 2.24) is 16.0 Å². The van der Waals surface area contributed by atoms with Crippen molar-refractivity contribution in [2.75, 3.05) is 0 Å². The Morgan fingerprint density at radius 1 is 0.784 bits per heavy atom. The van der Waals surface area contributed by atoms with Gasteiger partial charge in [-0.3, -0.25) is 19.2 Å². The molecule has 1 aromatic carbocycles. The summed E-state index contributed by atoms with van der Waals surface area (Å²) in [4.78, 5) is 61.8. The number of amides is 4. The van der Waals surface area contributed by atoms with Crippen molar-refractivity contribution in [2.24, 2.45) is 23.3 Å². The summed E-state index contributed by atoms with van der Waals surface area (Å²) in [5.74, 6) is -3.58. The first-order valence-corrected chi connectivity index (χ1v) is 12.5. The second kappa shape index (κ2) is 15.6. The fourth-order valence-corrected chi connectivity index (χ4v) is 3.74. The molecular formula is C26H41N5O6. The number of carbonyl (C=O) groups excluding carboxylic acids is 4. The summed E-state index contributed by atoms with van der Waals surface area (Å²) in [7, 11) is 0. The minimum absolute atomic E-state index is 0.0453. The maximum absolute atomic E-state index is 13.3. The lowest BCUT2D eigenvalue weighted by Gasteiger charge is -2.26.